The number of sulfonamides is 1. The molecule has 0 radical (unpaired) electrons. The molecule has 10 heteroatoms. The van der Waals surface area contributed by atoms with Crippen LogP contribution in [0.1, 0.15) is 26.3 Å². The summed E-state index contributed by atoms with van der Waals surface area (Å²) >= 11 is 6.31. The zero-order chi connectivity index (χ0) is 25.5. The number of amides is 2. The van der Waals surface area contributed by atoms with Crippen LogP contribution < -0.4 is 14.4 Å². The number of anilines is 1. The zero-order valence-electron chi connectivity index (χ0n) is 20.1. The molecule has 2 rings (SSSR count). The molecule has 0 aromatic heterocycles. The first-order valence-electron chi connectivity index (χ1n) is 10.9. The molecule has 186 valence electrons. The molecule has 0 bridgehead atoms. The number of carbonyl (C=O) groups excluding carboxylic acids is 2. The van der Waals surface area contributed by atoms with Gasteiger partial charge in [0.15, 0.2) is 0 Å². The van der Waals surface area contributed by atoms with Crippen LogP contribution in [0.4, 0.5) is 5.69 Å². The first-order chi connectivity index (χ1) is 15.9. The van der Waals surface area contributed by atoms with Crippen LogP contribution in [0.3, 0.4) is 0 Å². The lowest BCUT2D eigenvalue weighted by Crippen LogP contribution is -2.51. The predicted octanol–water partition coefficient (Wildman–Crippen LogP) is 3.30. The summed E-state index contributed by atoms with van der Waals surface area (Å²) in [6, 6.07) is 12.5. The number of halogens is 1. The van der Waals surface area contributed by atoms with Gasteiger partial charge in [0.1, 0.15) is 18.3 Å². The molecule has 8 nitrogen and oxygen atoms in total. The summed E-state index contributed by atoms with van der Waals surface area (Å²) in [6.45, 7) is 5.58. The highest BCUT2D eigenvalue weighted by molar-refractivity contribution is 7.92. The lowest BCUT2D eigenvalue weighted by Gasteiger charge is -2.31. The smallest absolute Gasteiger partial charge is 0.244 e. The summed E-state index contributed by atoms with van der Waals surface area (Å²) in [5, 5.41) is 3.28. The number of nitrogens with one attached hydrogen (secondary N) is 1. The summed E-state index contributed by atoms with van der Waals surface area (Å²) in [4.78, 5) is 27.6. The van der Waals surface area contributed by atoms with Crippen LogP contribution in [0.15, 0.2) is 48.5 Å². The van der Waals surface area contributed by atoms with E-state index in [1.165, 1.54) is 12.0 Å². The van der Waals surface area contributed by atoms with Gasteiger partial charge in [-0.25, -0.2) is 8.42 Å². The second-order valence-electron chi connectivity index (χ2n) is 8.40. The van der Waals surface area contributed by atoms with Gasteiger partial charge in [-0.05, 0) is 48.7 Å². The summed E-state index contributed by atoms with van der Waals surface area (Å²) < 4.78 is 31.3. The Morgan fingerprint density at radius 1 is 1.06 bits per heavy atom. The fourth-order valence-electron chi connectivity index (χ4n) is 3.21. The number of ether oxygens (including phenoxy) is 1. The van der Waals surface area contributed by atoms with E-state index < -0.39 is 28.5 Å². The minimum atomic E-state index is -3.80. The molecule has 0 fully saturated rings. The molecule has 0 aliphatic rings. The molecule has 34 heavy (non-hydrogen) atoms. The Morgan fingerprint density at radius 2 is 1.68 bits per heavy atom. The third-order valence-corrected chi connectivity index (χ3v) is 6.70. The molecule has 0 aliphatic heterocycles. The quantitative estimate of drug-likeness (QED) is 0.501. The molecule has 1 N–H and O–H groups in total. The van der Waals surface area contributed by atoms with Gasteiger partial charge in [0.05, 0.1) is 19.1 Å². The Bertz CT molecular complexity index is 1090. The average molecular weight is 510 g/mol. The molecule has 0 saturated carbocycles. The molecule has 1 unspecified atom stereocenters. The van der Waals surface area contributed by atoms with Gasteiger partial charge in [0.2, 0.25) is 21.8 Å². The average Bonchev–Trinajstić information content (AvgIpc) is 2.79. The molecule has 2 aromatic carbocycles. The summed E-state index contributed by atoms with van der Waals surface area (Å²) in [5.41, 5.74) is 0.961. The number of benzene rings is 2. The Balaban J connectivity index is 2.37. The SMILES string of the molecule is COc1ccc(N(CC(=O)N(Cc2ccccc2Cl)C(C)C(=O)NCC(C)C)S(C)(=O)=O)cc1. The number of rotatable bonds is 11. The van der Waals surface area contributed by atoms with Gasteiger partial charge in [-0.1, -0.05) is 43.6 Å². The number of nitrogens with zero attached hydrogens (tertiary/aromatic N) is 2. The van der Waals surface area contributed by atoms with Crippen molar-refractivity contribution in [2.75, 3.05) is 30.8 Å². The Morgan fingerprint density at radius 3 is 2.21 bits per heavy atom. The van der Waals surface area contributed by atoms with Crippen molar-refractivity contribution in [3.8, 4) is 5.75 Å². The number of methoxy groups -OCH3 is 1. The first-order valence-corrected chi connectivity index (χ1v) is 13.1. The first kappa shape index (κ1) is 27.5. The van der Waals surface area contributed by atoms with E-state index in [1.54, 1.807) is 55.5 Å². The van der Waals surface area contributed by atoms with Gasteiger partial charge in [0, 0.05) is 18.1 Å². The summed E-state index contributed by atoms with van der Waals surface area (Å²) in [6.07, 6.45) is 1.03. The van der Waals surface area contributed by atoms with Crippen molar-refractivity contribution < 1.29 is 22.7 Å². The molecular weight excluding hydrogens is 478 g/mol. The van der Waals surface area contributed by atoms with Crippen molar-refractivity contribution in [1.29, 1.82) is 0 Å². The van der Waals surface area contributed by atoms with Crippen LogP contribution in [0.5, 0.6) is 5.75 Å². The maximum Gasteiger partial charge on any atom is 0.244 e. The number of hydrogen-bond donors (Lipinski definition) is 1. The molecule has 1 atom stereocenters. The monoisotopic (exact) mass is 509 g/mol. The lowest BCUT2D eigenvalue weighted by atomic mass is 10.1. The van der Waals surface area contributed by atoms with Gasteiger partial charge < -0.3 is 15.0 Å². The van der Waals surface area contributed by atoms with E-state index in [-0.39, 0.29) is 18.4 Å². The molecular formula is C24H32ClN3O5S. The van der Waals surface area contributed by atoms with Crippen molar-refractivity contribution in [2.24, 2.45) is 5.92 Å². The summed E-state index contributed by atoms with van der Waals surface area (Å²) in [5.74, 6) is -0.0724. The van der Waals surface area contributed by atoms with E-state index >= 15 is 0 Å². The number of carbonyl (C=O) groups is 2. The molecule has 2 amide bonds. The highest BCUT2D eigenvalue weighted by Gasteiger charge is 2.30. The largest absolute Gasteiger partial charge is 0.497 e. The van der Waals surface area contributed by atoms with Crippen LogP contribution in [-0.2, 0) is 26.2 Å². The van der Waals surface area contributed by atoms with E-state index in [4.69, 9.17) is 16.3 Å². The molecule has 0 heterocycles. The maximum absolute atomic E-state index is 13.5. The zero-order valence-corrected chi connectivity index (χ0v) is 21.7. The van der Waals surface area contributed by atoms with Crippen molar-refractivity contribution in [1.82, 2.24) is 10.2 Å². The fraction of sp³-hybridized carbons (Fsp3) is 0.417. The fourth-order valence-corrected chi connectivity index (χ4v) is 4.25. The third-order valence-electron chi connectivity index (χ3n) is 5.19. The Kier molecular flexibility index (Phi) is 9.76. The molecule has 0 saturated heterocycles. The van der Waals surface area contributed by atoms with E-state index in [0.717, 1.165) is 10.6 Å². The van der Waals surface area contributed by atoms with Crippen molar-refractivity contribution in [2.45, 2.75) is 33.4 Å². The van der Waals surface area contributed by atoms with Crippen LogP contribution >= 0.6 is 11.6 Å². The standard InChI is InChI=1S/C24H32ClN3O5S/c1-17(2)14-26-24(30)18(3)27(15-19-8-6-7-9-22(19)25)23(29)16-28(34(5,31)32)20-10-12-21(33-4)13-11-20/h6-13,17-18H,14-16H2,1-5H3,(H,26,30). The van der Waals surface area contributed by atoms with E-state index in [2.05, 4.69) is 5.32 Å². The Hall–Kier alpha value is -2.78. The van der Waals surface area contributed by atoms with Gasteiger partial charge in [-0.15, -0.1) is 0 Å². The van der Waals surface area contributed by atoms with Crippen molar-refractivity contribution >= 4 is 39.1 Å². The third kappa shape index (κ3) is 7.63. The van der Waals surface area contributed by atoms with Gasteiger partial charge >= 0.3 is 0 Å². The summed E-state index contributed by atoms with van der Waals surface area (Å²) in [7, 11) is -2.29. The van der Waals surface area contributed by atoms with Gasteiger partial charge in [-0.2, -0.15) is 0 Å². The molecule has 2 aromatic rings. The minimum absolute atomic E-state index is 0.0506. The van der Waals surface area contributed by atoms with Crippen LogP contribution in [0, 0.1) is 5.92 Å². The van der Waals surface area contributed by atoms with Crippen LogP contribution in [-0.4, -0.2) is 57.6 Å². The molecule has 0 spiro atoms. The lowest BCUT2D eigenvalue weighted by molar-refractivity contribution is -0.139. The minimum Gasteiger partial charge on any atom is -0.497 e. The van der Waals surface area contributed by atoms with Crippen molar-refractivity contribution in [3.05, 3.63) is 59.1 Å². The van der Waals surface area contributed by atoms with Gasteiger partial charge in [-0.3, -0.25) is 13.9 Å². The van der Waals surface area contributed by atoms with Gasteiger partial charge in [0.25, 0.3) is 0 Å². The van der Waals surface area contributed by atoms with Crippen LogP contribution in [0.25, 0.3) is 0 Å². The highest BCUT2D eigenvalue weighted by Crippen LogP contribution is 2.23. The second kappa shape index (κ2) is 12.1. The predicted molar refractivity (Wildman–Crippen MR) is 134 cm³/mol. The molecule has 0 aliphatic carbocycles. The number of hydrogen-bond acceptors (Lipinski definition) is 5. The second-order valence-corrected chi connectivity index (χ2v) is 10.7. The topological polar surface area (TPSA) is 96.0 Å². The van der Waals surface area contributed by atoms with Crippen LogP contribution in [0.2, 0.25) is 5.02 Å². The van der Waals surface area contributed by atoms with E-state index in [0.29, 0.717) is 28.6 Å². The highest BCUT2D eigenvalue weighted by atomic mass is 35.5. The van der Waals surface area contributed by atoms with E-state index in [1.807, 2.05) is 13.8 Å². The maximum atomic E-state index is 13.5. The normalized spacial score (nSPS) is 12.2. The van der Waals surface area contributed by atoms with E-state index in [9.17, 15) is 18.0 Å². The Labute approximate surface area is 206 Å². The van der Waals surface area contributed by atoms with Crippen molar-refractivity contribution in [3.63, 3.8) is 0 Å².